The second-order valence-electron chi connectivity index (χ2n) is 5.22. The van der Waals surface area contributed by atoms with Crippen LogP contribution < -0.4 is 10.6 Å². The van der Waals surface area contributed by atoms with Crippen LogP contribution in [0.3, 0.4) is 0 Å². The molecule has 4 heteroatoms. The van der Waals surface area contributed by atoms with Crippen molar-refractivity contribution in [3.63, 3.8) is 0 Å². The molecule has 1 aromatic rings. The highest BCUT2D eigenvalue weighted by atomic mass is 16.4. The third-order valence-corrected chi connectivity index (χ3v) is 3.67. The summed E-state index contributed by atoms with van der Waals surface area (Å²) in [4.78, 5) is 13.4. The lowest BCUT2D eigenvalue weighted by Crippen LogP contribution is -2.33. The van der Waals surface area contributed by atoms with Gasteiger partial charge in [-0.2, -0.15) is 0 Å². The van der Waals surface area contributed by atoms with Crippen LogP contribution in [0.25, 0.3) is 0 Å². The van der Waals surface area contributed by atoms with Crippen molar-refractivity contribution in [2.45, 2.75) is 32.7 Å². The molecule has 0 aromatic heterocycles. The lowest BCUT2D eigenvalue weighted by molar-refractivity contribution is 0.0698. The number of benzene rings is 1. The minimum Gasteiger partial charge on any atom is -0.478 e. The van der Waals surface area contributed by atoms with Gasteiger partial charge in [0, 0.05) is 24.0 Å². The Hall–Kier alpha value is -1.71. The van der Waals surface area contributed by atoms with E-state index in [1.54, 1.807) is 12.1 Å². The van der Waals surface area contributed by atoms with Gasteiger partial charge in [0.1, 0.15) is 0 Å². The van der Waals surface area contributed by atoms with Gasteiger partial charge in [-0.3, -0.25) is 0 Å². The second kappa shape index (κ2) is 4.88. The van der Waals surface area contributed by atoms with Crippen molar-refractivity contribution in [1.82, 2.24) is 0 Å². The molecule has 0 saturated carbocycles. The highest BCUT2D eigenvalue weighted by Crippen LogP contribution is 2.31. The fourth-order valence-electron chi connectivity index (χ4n) is 2.71. The van der Waals surface area contributed by atoms with Gasteiger partial charge >= 0.3 is 5.97 Å². The monoisotopic (exact) mass is 248 g/mol. The zero-order valence-electron chi connectivity index (χ0n) is 10.9. The predicted molar refractivity (Wildman–Crippen MR) is 73.0 cm³/mol. The molecule has 1 saturated heterocycles. The quantitative estimate of drug-likeness (QED) is 0.807. The van der Waals surface area contributed by atoms with Gasteiger partial charge in [0.2, 0.25) is 0 Å². The number of carbonyl (C=O) groups is 1. The molecule has 18 heavy (non-hydrogen) atoms. The molecule has 0 amide bonds. The van der Waals surface area contributed by atoms with Crippen LogP contribution in [-0.2, 0) is 0 Å². The summed E-state index contributed by atoms with van der Waals surface area (Å²) in [7, 11) is 0. The fourth-order valence-corrected chi connectivity index (χ4v) is 2.71. The molecule has 0 aliphatic carbocycles. The Kier molecular flexibility index (Phi) is 3.45. The number of rotatable bonds is 3. The summed E-state index contributed by atoms with van der Waals surface area (Å²) in [6.07, 6.45) is 2.33. The molecule has 1 aliphatic rings. The number of hydrogen-bond donors (Lipinski definition) is 2. The van der Waals surface area contributed by atoms with Gasteiger partial charge in [0.05, 0.1) is 5.56 Å². The standard InChI is InChI=1S/C14H20N2O2/c1-9(2)13-4-3-7-16(13)10-5-6-12(15)11(8-10)14(17)18/h5-6,8-9,13H,3-4,7,15H2,1-2H3,(H,17,18). The molecule has 2 rings (SSSR count). The summed E-state index contributed by atoms with van der Waals surface area (Å²) in [5.41, 5.74) is 7.18. The van der Waals surface area contributed by atoms with Crippen molar-refractivity contribution in [2.75, 3.05) is 17.2 Å². The van der Waals surface area contributed by atoms with Crippen LogP contribution in [-0.4, -0.2) is 23.7 Å². The van der Waals surface area contributed by atoms with E-state index >= 15 is 0 Å². The van der Waals surface area contributed by atoms with Crippen molar-refractivity contribution in [3.05, 3.63) is 23.8 Å². The number of carboxylic acids is 1. The number of nitrogens with two attached hydrogens (primary N) is 1. The van der Waals surface area contributed by atoms with E-state index in [1.807, 2.05) is 6.07 Å². The first kappa shape index (κ1) is 12.7. The van der Waals surface area contributed by atoms with Crippen LogP contribution >= 0.6 is 0 Å². The summed E-state index contributed by atoms with van der Waals surface area (Å²) in [5, 5.41) is 9.11. The number of nitrogen functional groups attached to an aromatic ring is 1. The Bertz CT molecular complexity index is 457. The molecule has 1 heterocycles. The SMILES string of the molecule is CC(C)C1CCCN1c1ccc(N)c(C(=O)O)c1. The van der Waals surface area contributed by atoms with Crippen LogP contribution in [0.1, 0.15) is 37.0 Å². The van der Waals surface area contributed by atoms with E-state index in [9.17, 15) is 4.79 Å². The zero-order chi connectivity index (χ0) is 13.3. The first-order valence-electron chi connectivity index (χ1n) is 6.40. The molecular formula is C14H20N2O2. The van der Waals surface area contributed by atoms with E-state index in [4.69, 9.17) is 10.8 Å². The topological polar surface area (TPSA) is 66.6 Å². The number of carboxylic acid groups (broad SMARTS) is 1. The minimum absolute atomic E-state index is 0.196. The van der Waals surface area contributed by atoms with Crippen LogP contribution in [0.2, 0.25) is 0 Å². The van der Waals surface area contributed by atoms with E-state index in [0.717, 1.165) is 18.7 Å². The van der Waals surface area contributed by atoms with Gasteiger partial charge < -0.3 is 15.7 Å². The Labute approximate surface area is 107 Å². The summed E-state index contributed by atoms with van der Waals surface area (Å²) in [5.74, 6) is -0.395. The molecule has 0 spiro atoms. The molecule has 0 bridgehead atoms. The Balaban J connectivity index is 2.33. The van der Waals surface area contributed by atoms with Crippen molar-refractivity contribution < 1.29 is 9.90 Å². The van der Waals surface area contributed by atoms with E-state index in [-0.39, 0.29) is 5.56 Å². The van der Waals surface area contributed by atoms with E-state index < -0.39 is 5.97 Å². The second-order valence-corrected chi connectivity index (χ2v) is 5.22. The molecule has 1 fully saturated rings. The van der Waals surface area contributed by atoms with Crippen LogP contribution in [0.5, 0.6) is 0 Å². The van der Waals surface area contributed by atoms with E-state index in [1.165, 1.54) is 6.42 Å². The van der Waals surface area contributed by atoms with Crippen molar-refractivity contribution >= 4 is 17.3 Å². The molecular weight excluding hydrogens is 228 g/mol. The first-order chi connectivity index (χ1) is 8.50. The molecule has 3 N–H and O–H groups in total. The number of aromatic carboxylic acids is 1. The molecule has 1 unspecified atom stereocenters. The van der Waals surface area contributed by atoms with Crippen molar-refractivity contribution in [2.24, 2.45) is 5.92 Å². The largest absolute Gasteiger partial charge is 0.478 e. The molecule has 98 valence electrons. The molecule has 1 aliphatic heterocycles. The predicted octanol–water partition coefficient (Wildman–Crippen LogP) is 2.59. The van der Waals surface area contributed by atoms with Gasteiger partial charge in [-0.1, -0.05) is 13.8 Å². The van der Waals surface area contributed by atoms with Gasteiger partial charge in [0.15, 0.2) is 0 Å². The van der Waals surface area contributed by atoms with Crippen LogP contribution in [0.4, 0.5) is 11.4 Å². The Morgan fingerprint density at radius 3 is 2.83 bits per heavy atom. The maximum absolute atomic E-state index is 11.1. The summed E-state index contributed by atoms with van der Waals surface area (Å²) < 4.78 is 0. The van der Waals surface area contributed by atoms with Crippen molar-refractivity contribution in [3.8, 4) is 0 Å². The highest BCUT2D eigenvalue weighted by molar-refractivity contribution is 5.94. The number of anilines is 2. The van der Waals surface area contributed by atoms with Gasteiger partial charge in [0.25, 0.3) is 0 Å². The molecule has 0 radical (unpaired) electrons. The Morgan fingerprint density at radius 2 is 2.22 bits per heavy atom. The zero-order valence-corrected chi connectivity index (χ0v) is 10.9. The first-order valence-corrected chi connectivity index (χ1v) is 6.40. The lowest BCUT2D eigenvalue weighted by atomic mass is 10.0. The van der Waals surface area contributed by atoms with Gasteiger partial charge in [-0.15, -0.1) is 0 Å². The number of hydrogen-bond acceptors (Lipinski definition) is 3. The fraction of sp³-hybridized carbons (Fsp3) is 0.500. The maximum Gasteiger partial charge on any atom is 0.337 e. The third-order valence-electron chi connectivity index (χ3n) is 3.67. The average Bonchev–Trinajstić information content (AvgIpc) is 2.78. The van der Waals surface area contributed by atoms with Crippen LogP contribution in [0.15, 0.2) is 18.2 Å². The number of nitrogens with zero attached hydrogens (tertiary/aromatic N) is 1. The normalized spacial score (nSPS) is 19.5. The minimum atomic E-state index is -0.963. The maximum atomic E-state index is 11.1. The van der Waals surface area contributed by atoms with Gasteiger partial charge in [-0.25, -0.2) is 4.79 Å². The smallest absolute Gasteiger partial charge is 0.337 e. The summed E-state index contributed by atoms with van der Waals surface area (Å²) in [6.45, 7) is 5.41. The lowest BCUT2D eigenvalue weighted by Gasteiger charge is -2.30. The van der Waals surface area contributed by atoms with Crippen LogP contribution in [0, 0.1) is 5.92 Å². The molecule has 1 aromatic carbocycles. The van der Waals surface area contributed by atoms with E-state index in [0.29, 0.717) is 17.6 Å². The average molecular weight is 248 g/mol. The van der Waals surface area contributed by atoms with E-state index in [2.05, 4.69) is 18.7 Å². The summed E-state index contributed by atoms with van der Waals surface area (Å²) in [6, 6.07) is 5.80. The highest BCUT2D eigenvalue weighted by Gasteiger charge is 2.27. The molecule has 4 nitrogen and oxygen atoms in total. The molecule has 1 atom stereocenters. The third kappa shape index (κ3) is 2.28. The van der Waals surface area contributed by atoms with Gasteiger partial charge in [-0.05, 0) is 37.0 Å². The van der Waals surface area contributed by atoms with Crippen molar-refractivity contribution in [1.29, 1.82) is 0 Å². The Morgan fingerprint density at radius 1 is 1.50 bits per heavy atom. The summed E-state index contributed by atoms with van der Waals surface area (Å²) >= 11 is 0.